The summed E-state index contributed by atoms with van der Waals surface area (Å²) in [6.07, 6.45) is 10.5. The topological polar surface area (TPSA) is 26.3 Å². The number of carbonyl (C=O) groups is 1. The van der Waals surface area contributed by atoms with Gasteiger partial charge in [0.05, 0.1) is 18.1 Å². The summed E-state index contributed by atoms with van der Waals surface area (Å²) in [6, 6.07) is 0. The summed E-state index contributed by atoms with van der Waals surface area (Å²) in [7, 11) is 0. The Bertz CT molecular complexity index is 249. The predicted octanol–water partition coefficient (Wildman–Crippen LogP) is 3.49. The van der Waals surface area contributed by atoms with Gasteiger partial charge in [-0.15, -0.1) is 0 Å². The first-order valence-corrected chi connectivity index (χ1v) is 6.92. The zero-order valence-corrected chi connectivity index (χ0v) is 10.5. The molecule has 0 N–H and O–H groups in total. The van der Waals surface area contributed by atoms with Gasteiger partial charge in [-0.3, -0.25) is 4.79 Å². The van der Waals surface area contributed by atoms with Crippen molar-refractivity contribution in [3.63, 3.8) is 0 Å². The second-order valence-electron chi connectivity index (χ2n) is 5.54. The van der Waals surface area contributed by atoms with Gasteiger partial charge in [-0.05, 0) is 25.7 Å². The number of ketones is 1. The van der Waals surface area contributed by atoms with E-state index >= 15 is 0 Å². The summed E-state index contributed by atoms with van der Waals surface area (Å²) in [5, 5.41) is 0. The largest absolute Gasteiger partial charge is 0.377 e. The zero-order chi connectivity index (χ0) is 11.4. The molecule has 0 aromatic carbocycles. The van der Waals surface area contributed by atoms with E-state index in [1.807, 2.05) is 0 Å². The first-order valence-electron chi connectivity index (χ1n) is 6.92. The maximum Gasteiger partial charge on any atom is 0.141 e. The van der Waals surface area contributed by atoms with Gasteiger partial charge in [0, 0.05) is 6.42 Å². The summed E-state index contributed by atoms with van der Waals surface area (Å²) in [5.41, 5.74) is -0.0604. The van der Waals surface area contributed by atoms with Crippen LogP contribution in [0.5, 0.6) is 0 Å². The van der Waals surface area contributed by atoms with Crippen LogP contribution in [-0.2, 0) is 9.53 Å². The molecule has 1 spiro atoms. The molecule has 1 saturated heterocycles. The van der Waals surface area contributed by atoms with Crippen LogP contribution in [0.15, 0.2) is 0 Å². The van der Waals surface area contributed by atoms with Gasteiger partial charge in [0.15, 0.2) is 0 Å². The molecule has 2 fully saturated rings. The van der Waals surface area contributed by atoms with Gasteiger partial charge in [0.1, 0.15) is 5.78 Å². The highest BCUT2D eigenvalue weighted by molar-refractivity contribution is 5.85. The van der Waals surface area contributed by atoms with Crippen LogP contribution in [0.25, 0.3) is 0 Å². The standard InChI is InChI=1S/C14H24O2/c1-2-3-4-7-12-10-14(11-16-12)9-6-5-8-13(14)15/h12H,2-11H2,1H3/t12-,14+/m0/s1. The fraction of sp³-hybridized carbons (Fsp3) is 0.929. The van der Waals surface area contributed by atoms with Gasteiger partial charge in [-0.25, -0.2) is 0 Å². The molecule has 2 rings (SSSR count). The second-order valence-corrected chi connectivity index (χ2v) is 5.54. The average molecular weight is 224 g/mol. The van der Waals surface area contributed by atoms with Crippen molar-refractivity contribution in [1.82, 2.24) is 0 Å². The van der Waals surface area contributed by atoms with Crippen molar-refractivity contribution in [3.05, 3.63) is 0 Å². The normalized spacial score (nSPS) is 34.8. The summed E-state index contributed by atoms with van der Waals surface area (Å²) in [6.45, 7) is 2.93. The maximum atomic E-state index is 12.0. The minimum atomic E-state index is -0.0604. The van der Waals surface area contributed by atoms with Gasteiger partial charge >= 0.3 is 0 Å². The number of unbranched alkanes of at least 4 members (excludes halogenated alkanes) is 2. The Balaban J connectivity index is 1.83. The van der Waals surface area contributed by atoms with Crippen molar-refractivity contribution in [1.29, 1.82) is 0 Å². The SMILES string of the molecule is CCCCC[C@H]1C[C@]2(CCCCC2=O)CO1. The second kappa shape index (κ2) is 5.31. The lowest BCUT2D eigenvalue weighted by molar-refractivity contribution is -0.131. The third-order valence-electron chi connectivity index (χ3n) is 4.24. The molecule has 0 aromatic rings. The van der Waals surface area contributed by atoms with Crippen molar-refractivity contribution in [2.45, 2.75) is 70.8 Å². The van der Waals surface area contributed by atoms with Crippen LogP contribution in [0.1, 0.15) is 64.7 Å². The van der Waals surface area contributed by atoms with E-state index in [4.69, 9.17) is 4.74 Å². The molecule has 2 nitrogen and oxygen atoms in total. The third-order valence-corrected chi connectivity index (χ3v) is 4.24. The van der Waals surface area contributed by atoms with E-state index in [9.17, 15) is 4.79 Å². The van der Waals surface area contributed by atoms with E-state index in [1.165, 1.54) is 25.7 Å². The lowest BCUT2D eigenvalue weighted by Gasteiger charge is -2.30. The molecule has 92 valence electrons. The molecule has 0 bridgehead atoms. The van der Waals surface area contributed by atoms with Crippen LogP contribution >= 0.6 is 0 Å². The molecular formula is C14H24O2. The molecule has 1 heterocycles. The van der Waals surface area contributed by atoms with Crippen molar-refractivity contribution >= 4 is 5.78 Å². The van der Waals surface area contributed by atoms with E-state index in [1.54, 1.807) is 0 Å². The van der Waals surface area contributed by atoms with Gasteiger partial charge in [-0.1, -0.05) is 32.6 Å². The molecular weight excluding hydrogens is 200 g/mol. The van der Waals surface area contributed by atoms with E-state index in [2.05, 4.69) is 6.92 Å². The Kier molecular flexibility index (Phi) is 4.01. The number of rotatable bonds is 4. The molecule has 1 aliphatic heterocycles. The van der Waals surface area contributed by atoms with Gasteiger partial charge in [-0.2, -0.15) is 0 Å². The van der Waals surface area contributed by atoms with Crippen LogP contribution in [0.3, 0.4) is 0 Å². The van der Waals surface area contributed by atoms with Gasteiger partial charge < -0.3 is 4.74 Å². The first-order chi connectivity index (χ1) is 7.77. The Morgan fingerprint density at radius 1 is 1.38 bits per heavy atom. The predicted molar refractivity (Wildman–Crippen MR) is 64.4 cm³/mol. The van der Waals surface area contributed by atoms with Crippen molar-refractivity contribution in [2.75, 3.05) is 6.61 Å². The van der Waals surface area contributed by atoms with Crippen molar-refractivity contribution < 1.29 is 9.53 Å². The monoisotopic (exact) mass is 224 g/mol. The highest BCUT2D eigenvalue weighted by Crippen LogP contribution is 2.43. The molecule has 16 heavy (non-hydrogen) atoms. The minimum absolute atomic E-state index is 0.0604. The van der Waals surface area contributed by atoms with Crippen LogP contribution in [0.4, 0.5) is 0 Å². The molecule has 0 radical (unpaired) electrons. The molecule has 1 aliphatic carbocycles. The quantitative estimate of drug-likeness (QED) is 0.683. The van der Waals surface area contributed by atoms with Gasteiger partial charge in [0.2, 0.25) is 0 Å². The van der Waals surface area contributed by atoms with Crippen LogP contribution in [0, 0.1) is 5.41 Å². The number of ether oxygens (including phenoxy) is 1. The first kappa shape index (κ1) is 12.1. The fourth-order valence-electron chi connectivity index (χ4n) is 3.16. The van der Waals surface area contributed by atoms with E-state index in [0.29, 0.717) is 18.5 Å². The molecule has 0 amide bonds. The average Bonchev–Trinajstić information content (AvgIpc) is 2.68. The smallest absolute Gasteiger partial charge is 0.141 e. The number of carbonyl (C=O) groups excluding carboxylic acids is 1. The van der Waals surface area contributed by atoms with E-state index in [-0.39, 0.29) is 5.41 Å². The summed E-state index contributed by atoms with van der Waals surface area (Å²) < 4.78 is 5.84. The van der Waals surface area contributed by atoms with E-state index in [0.717, 1.165) is 32.1 Å². The van der Waals surface area contributed by atoms with Crippen LogP contribution < -0.4 is 0 Å². The molecule has 2 atom stereocenters. The van der Waals surface area contributed by atoms with Crippen molar-refractivity contribution in [2.24, 2.45) is 5.41 Å². The lowest BCUT2D eigenvalue weighted by Crippen LogP contribution is -2.34. The third kappa shape index (κ3) is 2.48. The highest BCUT2D eigenvalue weighted by atomic mass is 16.5. The Morgan fingerprint density at radius 3 is 3.00 bits per heavy atom. The van der Waals surface area contributed by atoms with Crippen LogP contribution in [0.2, 0.25) is 0 Å². The molecule has 2 aliphatic rings. The summed E-state index contributed by atoms with van der Waals surface area (Å²) in [5.74, 6) is 0.483. The number of hydrogen-bond donors (Lipinski definition) is 0. The summed E-state index contributed by atoms with van der Waals surface area (Å²) in [4.78, 5) is 12.0. The minimum Gasteiger partial charge on any atom is -0.377 e. The fourth-order valence-corrected chi connectivity index (χ4v) is 3.16. The molecule has 2 heteroatoms. The van der Waals surface area contributed by atoms with E-state index < -0.39 is 0 Å². The molecule has 0 aromatic heterocycles. The maximum absolute atomic E-state index is 12.0. The molecule has 0 unspecified atom stereocenters. The van der Waals surface area contributed by atoms with Crippen LogP contribution in [-0.4, -0.2) is 18.5 Å². The number of Topliss-reactive ketones (excluding diaryl/α,β-unsaturated/α-hetero) is 1. The lowest BCUT2D eigenvalue weighted by atomic mass is 9.71. The Hall–Kier alpha value is -0.370. The highest BCUT2D eigenvalue weighted by Gasteiger charge is 2.46. The molecule has 1 saturated carbocycles. The Labute approximate surface area is 98.7 Å². The Morgan fingerprint density at radius 2 is 2.25 bits per heavy atom. The van der Waals surface area contributed by atoms with Crippen molar-refractivity contribution in [3.8, 4) is 0 Å². The summed E-state index contributed by atoms with van der Waals surface area (Å²) >= 11 is 0. The van der Waals surface area contributed by atoms with Gasteiger partial charge in [0.25, 0.3) is 0 Å². The number of hydrogen-bond acceptors (Lipinski definition) is 2. The zero-order valence-electron chi connectivity index (χ0n) is 10.5.